The van der Waals surface area contributed by atoms with Gasteiger partial charge >= 0.3 is 11.9 Å². The van der Waals surface area contributed by atoms with Gasteiger partial charge in [-0.25, -0.2) is 9.59 Å². The van der Waals surface area contributed by atoms with Crippen LogP contribution in [-0.4, -0.2) is 23.7 Å². The van der Waals surface area contributed by atoms with E-state index in [9.17, 15) is 9.59 Å². The molecule has 4 nitrogen and oxygen atoms in total. The van der Waals surface area contributed by atoms with Crippen molar-refractivity contribution in [3.05, 3.63) is 12.2 Å². The lowest BCUT2D eigenvalue weighted by molar-refractivity contribution is -0.138. The highest BCUT2D eigenvalue weighted by atomic mass is 16.5. The molecule has 0 atom stereocenters. The lowest BCUT2D eigenvalue weighted by Crippen LogP contribution is -2.03. The third kappa shape index (κ3) is 8.59. The van der Waals surface area contributed by atoms with Gasteiger partial charge in [-0.05, 0) is 6.42 Å². The van der Waals surface area contributed by atoms with Gasteiger partial charge in [-0.2, -0.15) is 0 Å². The van der Waals surface area contributed by atoms with Crippen molar-refractivity contribution in [1.82, 2.24) is 0 Å². The maximum Gasteiger partial charge on any atom is 0.331 e. The summed E-state index contributed by atoms with van der Waals surface area (Å²) in [7, 11) is 0. The Morgan fingerprint density at radius 1 is 1.31 bits per heavy atom. The second-order valence-corrected chi connectivity index (χ2v) is 2.55. The first kappa shape index (κ1) is 11.7. The molecule has 0 heterocycles. The van der Waals surface area contributed by atoms with E-state index in [0.29, 0.717) is 6.61 Å². The standard InChI is InChI=1S/C9H14O4/c1-2-3-4-7-13-9(12)6-5-8(10)11/h5-6H,2-4,7H2,1H3,(H,10,11)/b6-5+. The number of ether oxygens (including phenoxy) is 1. The Hall–Kier alpha value is -1.32. The molecule has 13 heavy (non-hydrogen) atoms. The summed E-state index contributed by atoms with van der Waals surface area (Å²) in [5.41, 5.74) is 0. The second-order valence-electron chi connectivity index (χ2n) is 2.55. The van der Waals surface area contributed by atoms with Crippen LogP contribution in [0.1, 0.15) is 26.2 Å². The molecule has 0 unspecified atom stereocenters. The maximum atomic E-state index is 10.7. The SMILES string of the molecule is CCCCCOC(=O)/C=C/C(=O)O. The topological polar surface area (TPSA) is 63.6 Å². The van der Waals surface area contributed by atoms with Gasteiger partial charge in [0.15, 0.2) is 0 Å². The van der Waals surface area contributed by atoms with Crippen LogP contribution in [0.15, 0.2) is 12.2 Å². The van der Waals surface area contributed by atoms with Crippen LogP contribution in [0.4, 0.5) is 0 Å². The van der Waals surface area contributed by atoms with Crippen LogP contribution in [0, 0.1) is 0 Å². The van der Waals surface area contributed by atoms with Crippen LogP contribution in [0.3, 0.4) is 0 Å². The number of carbonyl (C=O) groups excluding carboxylic acids is 1. The van der Waals surface area contributed by atoms with E-state index in [1.807, 2.05) is 6.92 Å². The third-order valence-corrected chi connectivity index (χ3v) is 1.35. The van der Waals surface area contributed by atoms with Crippen LogP contribution >= 0.6 is 0 Å². The first-order valence-corrected chi connectivity index (χ1v) is 4.24. The average Bonchev–Trinajstić information content (AvgIpc) is 2.09. The fourth-order valence-corrected chi connectivity index (χ4v) is 0.712. The van der Waals surface area contributed by atoms with Crippen LogP contribution in [0.5, 0.6) is 0 Å². The molecule has 0 spiro atoms. The predicted molar refractivity (Wildman–Crippen MR) is 47.3 cm³/mol. The van der Waals surface area contributed by atoms with Gasteiger partial charge in [0.1, 0.15) is 0 Å². The van der Waals surface area contributed by atoms with E-state index in [2.05, 4.69) is 0 Å². The van der Waals surface area contributed by atoms with Gasteiger partial charge in [0.2, 0.25) is 0 Å². The highest BCUT2D eigenvalue weighted by Crippen LogP contribution is 1.94. The zero-order chi connectivity index (χ0) is 10.1. The Kier molecular flexibility index (Phi) is 6.59. The number of carbonyl (C=O) groups is 2. The highest BCUT2D eigenvalue weighted by molar-refractivity contribution is 5.90. The van der Waals surface area contributed by atoms with Crippen LogP contribution in [0.2, 0.25) is 0 Å². The van der Waals surface area contributed by atoms with Crippen molar-refractivity contribution in [1.29, 1.82) is 0 Å². The largest absolute Gasteiger partial charge is 0.478 e. The Bertz CT molecular complexity index is 196. The lowest BCUT2D eigenvalue weighted by Gasteiger charge is -1.99. The molecule has 74 valence electrons. The zero-order valence-electron chi connectivity index (χ0n) is 7.66. The molecule has 1 N–H and O–H groups in total. The summed E-state index contributed by atoms with van der Waals surface area (Å²) in [4.78, 5) is 20.7. The van der Waals surface area contributed by atoms with Crippen LogP contribution in [0.25, 0.3) is 0 Å². The molecule has 0 bridgehead atoms. The smallest absolute Gasteiger partial charge is 0.331 e. The Balaban J connectivity index is 3.46. The first-order valence-electron chi connectivity index (χ1n) is 4.24. The van der Waals surface area contributed by atoms with E-state index < -0.39 is 11.9 Å². The van der Waals surface area contributed by atoms with Gasteiger partial charge in [0.05, 0.1) is 6.61 Å². The summed E-state index contributed by atoms with van der Waals surface area (Å²) in [6.45, 7) is 2.41. The van der Waals surface area contributed by atoms with Gasteiger partial charge < -0.3 is 9.84 Å². The van der Waals surface area contributed by atoms with Gasteiger partial charge in [-0.3, -0.25) is 0 Å². The van der Waals surface area contributed by atoms with Crippen molar-refractivity contribution in [2.45, 2.75) is 26.2 Å². The molecule has 0 aliphatic heterocycles. The number of aliphatic carboxylic acids is 1. The highest BCUT2D eigenvalue weighted by Gasteiger charge is 1.97. The van der Waals surface area contributed by atoms with Crippen molar-refractivity contribution < 1.29 is 19.4 Å². The quantitative estimate of drug-likeness (QED) is 0.386. The summed E-state index contributed by atoms with van der Waals surface area (Å²) in [5, 5.41) is 8.18. The van der Waals surface area contributed by atoms with Crippen molar-refractivity contribution in [3.63, 3.8) is 0 Å². The van der Waals surface area contributed by atoms with Crippen LogP contribution < -0.4 is 0 Å². The zero-order valence-corrected chi connectivity index (χ0v) is 7.66. The molecular weight excluding hydrogens is 172 g/mol. The van der Waals surface area contributed by atoms with Crippen molar-refractivity contribution in [3.8, 4) is 0 Å². The Morgan fingerprint density at radius 3 is 2.54 bits per heavy atom. The number of rotatable bonds is 6. The lowest BCUT2D eigenvalue weighted by atomic mass is 10.3. The fourth-order valence-electron chi connectivity index (χ4n) is 0.712. The number of carboxylic acids is 1. The summed E-state index contributed by atoms with van der Waals surface area (Å²) in [6.07, 6.45) is 4.57. The van der Waals surface area contributed by atoms with Crippen LogP contribution in [-0.2, 0) is 14.3 Å². The van der Waals surface area contributed by atoms with Gasteiger partial charge in [-0.1, -0.05) is 19.8 Å². The monoisotopic (exact) mass is 186 g/mol. The molecule has 0 saturated carbocycles. The van der Waals surface area contributed by atoms with E-state index in [1.165, 1.54) is 0 Å². The molecule has 0 amide bonds. The van der Waals surface area contributed by atoms with E-state index in [1.54, 1.807) is 0 Å². The molecule has 0 aliphatic carbocycles. The van der Waals surface area contributed by atoms with Gasteiger partial charge in [-0.15, -0.1) is 0 Å². The minimum atomic E-state index is -1.15. The Labute approximate surface area is 77.2 Å². The number of carboxylic acid groups (broad SMARTS) is 1. The predicted octanol–water partition coefficient (Wildman–Crippen LogP) is 1.36. The third-order valence-electron chi connectivity index (χ3n) is 1.35. The molecule has 0 aliphatic rings. The van der Waals surface area contributed by atoms with E-state index in [4.69, 9.17) is 9.84 Å². The maximum absolute atomic E-state index is 10.7. The summed E-state index contributed by atoms with van der Waals surface area (Å²) in [5.74, 6) is -1.75. The number of unbranched alkanes of at least 4 members (excludes halogenated alkanes) is 2. The minimum absolute atomic E-state index is 0.358. The number of esters is 1. The molecule has 0 radical (unpaired) electrons. The number of hydrogen-bond acceptors (Lipinski definition) is 3. The summed E-state index contributed by atoms with van der Waals surface area (Å²) < 4.78 is 4.71. The molecule has 0 aromatic carbocycles. The summed E-state index contributed by atoms with van der Waals surface area (Å²) in [6, 6.07) is 0. The molecule has 0 saturated heterocycles. The first-order chi connectivity index (χ1) is 6.16. The van der Waals surface area contributed by atoms with Gasteiger partial charge in [0, 0.05) is 12.2 Å². The van der Waals surface area contributed by atoms with Crippen molar-refractivity contribution in [2.24, 2.45) is 0 Å². The van der Waals surface area contributed by atoms with Gasteiger partial charge in [0.25, 0.3) is 0 Å². The Morgan fingerprint density at radius 2 is 2.00 bits per heavy atom. The molecule has 0 aromatic rings. The molecule has 4 heteroatoms. The normalized spacial score (nSPS) is 10.2. The average molecular weight is 186 g/mol. The fraction of sp³-hybridized carbons (Fsp3) is 0.556. The van der Waals surface area contributed by atoms with E-state index >= 15 is 0 Å². The van der Waals surface area contributed by atoms with Crippen molar-refractivity contribution >= 4 is 11.9 Å². The molecular formula is C9H14O4. The van der Waals surface area contributed by atoms with E-state index in [0.717, 1.165) is 31.4 Å². The summed E-state index contributed by atoms with van der Waals surface area (Å²) >= 11 is 0. The minimum Gasteiger partial charge on any atom is -0.478 e. The molecule has 0 aromatic heterocycles. The van der Waals surface area contributed by atoms with E-state index in [-0.39, 0.29) is 0 Å². The van der Waals surface area contributed by atoms with Crippen molar-refractivity contribution in [2.75, 3.05) is 6.61 Å². The molecule has 0 rings (SSSR count). The number of hydrogen-bond donors (Lipinski definition) is 1. The second kappa shape index (κ2) is 7.34. The molecule has 0 fully saturated rings.